The number of hydrogen-bond donors (Lipinski definition) is 0. The average molecular weight is 792 g/mol. The summed E-state index contributed by atoms with van der Waals surface area (Å²) in [5, 5.41) is 2.63. The SMILES string of the molecule is CC(C)(C)c1c2c(c(N(c3ccc(-c4ccc(-c5ccccc5)cc4)cc3)c3ccc4c(c3)sc3ccccc34)c3c1-c1ccccc1C3(C)C)C(C)(C)c1ccccc1-2. The maximum absolute atomic E-state index is 2.64. The zero-order chi connectivity index (χ0) is 41.1. The number of thiophene rings is 1. The lowest BCUT2D eigenvalue weighted by molar-refractivity contribution is 0.587. The molecule has 292 valence electrons. The Kier molecular flexibility index (Phi) is 8.07. The number of benzene rings is 8. The van der Waals surface area contributed by atoms with Gasteiger partial charge in [-0.3, -0.25) is 0 Å². The Morgan fingerprint density at radius 3 is 1.45 bits per heavy atom. The number of fused-ring (bicyclic) bond motifs is 9. The number of rotatable bonds is 5. The summed E-state index contributed by atoms with van der Waals surface area (Å²) >= 11 is 1.89. The van der Waals surface area contributed by atoms with E-state index in [1.54, 1.807) is 0 Å². The molecule has 0 saturated heterocycles. The molecule has 0 N–H and O–H groups in total. The van der Waals surface area contributed by atoms with E-state index in [0.717, 1.165) is 5.69 Å². The molecule has 2 aliphatic rings. The standard InChI is InChI=1S/C58H49NS/c1-56(2,3)52-50-44-20-11-14-22-46(44)57(4,5)53(50)55(54-51(52)45-21-12-15-23-47(45)58(54,6)7)59(41-33-34-43-42-19-13-16-24-48(42)60-49(43)35-41)40-31-29-39(30-32-40)38-27-25-37(26-28-38)36-17-9-8-10-18-36/h8-35H,1-7H3. The van der Waals surface area contributed by atoms with Crippen LogP contribution in [-0.2, 0) is 16.2 Å². The highest BCUT2D eigenvalue weighted by molar-refractivity contribution is 7.25. The van der Waals surface area contributed by atoms with E-state index in [1.165, 1.54) is 104 Å². The van der Waals surface area contributed by atoms with Gasteiger partial charge < -0.3 is 4.90 Å². The number of hydrogen-bond acceptors (Lipinski definition) is 2. The number of anilines is 3. The van der Waals surface area contributed by atoms with Crippen molar-refractivity contribution in [3.8, 4) is 44.5 Å². The van der Waals surface area contributed by atoms with Crippen LogP contribution in [0.25, 0.3) is 64.7 Å². The third-order valence-electron chi connectivity index (χ3n) is 13.5. The molecule has 0 aliphatic heterocycles. The molecule has 8 aromatic carbocycles. The maximum Gasteiger partial charge on any atom is 0.0556 e. The van der Waals surface area contributed by atoms with Gasteiger partial charge in [0.15, 0.2) is 0 Å². The molecule has 2 heteroatoms. The van der Waals surface area contributed by atoms with Crippen LogP contribution >= 0.6 is 11.3 Å². The Bertz CT molecular complexity index is 3070. The molecule has 2 aliphatic carbocycles. The van der Waals surface area contributed by atoms with E-state index in [2.05, 4.69) is 223 Å². The van der Waals surface area contributed by atoms with Gasteiger partial charge in [-0.15, -0.1) is 11.3 Å². The molecule has 0 fully saturated rings. The average Bonchev–Trinajstić information content (AvgIpc) is 3.83. The molecule has 1 heterocycles. The fraction of sp³-hybridized carbons (Fsp3) is 0.172. The largest absolute Gasteiger partial charge is 0.310 e. The molecule has 1 aromatic heterocycles. The first-order valence-electron chi connectivity index (χ1n) is 21.4. The molecular weight excluding hydrogens is 743 g/mol. The molecular formula is C58H49NS. The van der Waals surface area contributed by atoms with E-state index in [-0.39, 0.29) is 16.2 Å². The van der Waals surface area contributed by atoms with Gasteiger partial charge in [-0.05, 0) is 108 Å². The Balaban J connectivity index is 1.21. The molecule has 0 spiro atoms. The minimum absolute atomic E-state index is 0.119. The second-order valence-electron chi connectivity index (χ2n) is 18.9. The molecule has 0 unspecified atom stereocenters. The third kappa shape index (κ3) is 5.36. The van der Waals surface area contributed by atoms with Gasteiger partial charge in [0.2, 0.25) is 0 Å². The van der Waals surface area contributed by atoms with Crippen molar-refractivity contribution in [2.45, 2.75) is 64.7 Å². The van der Waals surface area contributed by atoms with Crippen molar-refractivity contribution in [3.05, 3.63) is 198 Å². The quantitative estimate of drug-likeness (QED) is 0.168. The number of nitrogens with zero attached hydrogens (tertiary/aromatic N) is 1. The highest BCUT2D eigenvalue weighted by Gasteiger charge is 2.50. The van der Waals surface area contributed by atoms with Crippen LogP contribution in [0, 0.1) is 0 Å². The van der Waals surface area contributed by atoms with Crippen molar-refractivity contribution in [2.75, 3.05) is 4.90 Å². The predicted molar refractivity (Wildman–Crippen MR) is 259 cm³/mol. The van der Waals surface area contributed by atoms with Crippen LogP contribution in [0.1, 0.15) is 76.3 Å². The van der Waals surface area contributed by atoms with Crippen LogP contribution in [0.5, 0.6) is 0 Å². The molecule has 0 atom stereocenters. The van der Waals surface area contributed by atoms with E-state index in [9.17, 15) is 0 Å². The summed E-state index contributed by atoms with van der Waals surface area (Å²) in [5.74, 6) is 0. The summed E-state index contributed by atoms with van der Waals surface area (Å²) in [6, 6.07) is 63.5. The van der Waals surface area contributed by atoms with E-state index in [1.807, 2.05) is 11.3 Å². The van der Waals surface area contributed by atoms with Crippen molar-refractivity contribution in [3.63, 3.8) is 0 Å². The predicted octanol–water partition coefficient (Wildman–Crippen LogP) is 16.8. The summed E-state index contributed by atoms with van der Waals surface area (Å²) in [6.07, 6.45) is 0. The van der Waals surface area contributed by atoms with E-state index in [4.69, 9.17) is 0 Å². The summed E-state index contributed by atoms with van der Waals surface area (Å²) in [6.45, 7) is 17.1. The highest BCUT2D eigenvalue weighted by Crippen LogP contribution is 2.65. The Hall–Kier alpha value is -6.22. The fourth-order valence-corrected chi connectivity index (χ4v) is 11.9. The molecule has 60 heavy (non-hydrogen) atoms. The van der Waals surface area contributed by atoms with E-state index < -0.39 is 0 Å². The van der Waals surface area contributed by atoms with Crippen molar-refractivity contribution in [1.29, 1.82) is 0 Å². The smallest absolute Gasteiger partial charge is 0.0556 e. The van der Waals surface area contributed by atoms with E-state index in [0.29, 0.717) is 0 Å². The maximum atomic E-state index is 2.64. The lowest BCUT2D eigenvalue weighted by Crippen LogP contribution is -2.27. The van der Waals surface area contributed by atoms with E-state index >= 15 is 0 Å². The van der Waals surface area contributed by atoms with Crippen LogP contribution in [0.15, 0.2) is 170 Å². The van der Waals surface area contributed by atoms with Crippen LogP contribution < -0.4 is 4.90 Å². The summed E-state index contributed by atoms with van der Waals surface area (Å²) < 4.78 is 2.63. The van der Waals surface area contributed by atoms with Crippen molar-refractivity contribution in [1.82, 2.24) is 0 Å². The lowest BCUT2D eigenvalue weighted by Gasteiger charge is -2.39. The minimum atomic E-state index is -0.262. The zero-order valence-electron chi connectivity index (χ0n) is 35.5. The van der Waals surface area contributed by atoms with Crippen molar-refractivity contribution in [2.24, 2.45) is 0 Å². The zero-order valence-corrected chi connectivity index (χ0v) is 36.3. The van der Waals surface area contributed by atoms with Gasteiger partial charge in [-0.25, -0.2) is 0 Å². The normalized spacial score (nSPS) is 14.5. The molecule has 11 rings (SSSR count). The molecule has 9 aromatic rings. The highest BCUT2D eigenvalue weighted by atomic mass is 32.1. The fourth-order valence-electron chi connectivity index (χ4n) is 10.8. The third-order valence-corrected chi connectivity index (χ3v) is 14.6. The molecule has 1 nitrogen and oxygen atoms in total. The summed E-state index contributed by atoms with van der Waals surface area (Å²) in [4.78, 5) is 2.64. The first-order valence-corrected chi connectivity index (χ1v) is 22.2. The van der Waals surface area contributed by atoms with Gasteiger partial charge in [0, 0.05) is 42.4 Å². The topological polar surface area (TPSA) is 3.24 Å². The van der Waals surface area contributed by atoms with Gasteiger partial charge in [-0.2, -0.15) is 0 Å². The van der Waals surface area contributed by atoms with Gasteiger partial charge in [0.1, 0.15) is 0 Å². The van der Waals surface area contributed by atoms with Gasteiger partial charge in [-0.1, -0.05) is 188 Å². The van der Waals surface area contributed by atoms with Crippen LogP contribution in [-0.4, -0.2) is 0 Å². The second kappa shape index (κ2) is 13.1. The van der Waals surface area contributed by atoms with Crippen molar-refractivity contribution >= 4 is 48.6 Å². The first-order chi connectivity index (χ1) is 28.9. The summed E-state index contributed by atoms with van der Waals surface area (Å²) in [7, 11) is 0. The van der Waals surface area contributed by atoms with Crippen LogP contribution in [0.3, 0.4) is 0 Å². The summed E-state index contributed by atoms with van der Waals surface area (Å²) in [5.41, 5.74) is 20.5. The Morgan fingerprint density at radius 1 is 0.433 bits per heavy atom. The molecule has 0 amide bonds. The van der Waals surface area contributed by atoms with Gasteiger partial charge in [0.25, 0.3) is 0 Å². The molecule has 0 saturated carbocycles. The van der Waals surface area contributed by atoms with Crippen LogP contribution in [0.2, 0.25) is 0 Å². The van der Waals surface area contributed by atoms with Gasteiger partial charge in [0.05, 0.1) is 5.69 Å². The lowest BCUT2D eigenvalue weighted by atomic mass is 9.71. The van der Waals surface area contributed by atoms with Gasteiger partial charge >= 0.3 is 0 Å². The minimum Gasteiger partial charge on any atom is -0.310 e. The molecule has 0 bridgehead atoms. The first kappa shape index (κ1) is 36.8. The van der Waals surface area contributed by atoms with Crippen LogP contribution in [0.4, 0.5) is 17.1 Å². The Morgan fingerprint density at radius 2 is 0.883 bits per heavy atom. The second-order valence-corrected chi connectivity index (χ2v) is 20.0. The monoisotopic (exact) mass is 791 g/mol. The van der Waals surface area contributed by atoms with Crippen molar-refractivity contribution < 1.29 is 0 Å². The molecule has 0 radical (unpaired) electrons. The Labute approximate surface area is 358 Å².